The van der Waals surface area contributed by atoms with Crippen molar-refractivity contribution in [3.8, 4) is 0 Å². The molecular formula is C29H27N3O5. The summed E-state index contributed by atoms with van der Waals surface area (Å²) < 4.78 is 5.32. The smallest absolute Gasteiger partial charge is 0.417 e. The predicted molar refractivity (Wildman–Crippen MR) is 142 cm³/mol. The van der Waals surface area contributed by atoms with Crippen molar-refractivity contribution in [3.63, 3.8) is 0 Å². The highest BCUT2D eigenvalue weighted by molar-refractivity contribution is 6.01. The Morgan fingerprint density at radius 3 is 2.22 bits per heavy atom. The van der Waals surface area contributed by atoms with Crippen LogP contribution in [0.4, 0.5) is 17.1 Å². The van der Waals surface area contributed by atoms with Gasteiger partial charge in [-0.1, -0.05) is 79.9 Å². The standard InChI is InChI=1S/C29H27N3O5/c33-28(30-21-14-6-2-7-15-21)25(20-12-4-1-5-13-20)31(22-16-8-3-9-17-22)26-23-18-10-11-19-24(23)37-29(34)27(26)32(35)36/h1,3-5,8-13,16-19,21,25H,2,6-7,14-15H2,(H,30,33). The normalized spacial score (nSPS) is 14.7. The molecule has 1 heterocycles. The van der Waals surface area contributed by atoms with Crippen molar-refractivity contribution < 1.29 is 14.1 Å². The number of carbonyl (C=O) groups excluding carboxylic acids is 1. The molecule has 1 saturated carbocycles. The number of nitro groups is 1. The molecule has 0 radical (unpaired) electrons. The van der Waals surface area contributed by atoms with Crippen LogP contribution in [0.25, 0.3) is 11.0 Å². The Bertz CT molecular complexity index is 1460. The molecule has 1 N–H and O–H groups in total. The fourth-order valence-corrected chi connectivity index (χ4v) is 5.10. The van der Waals surface area contributed by atoms with E-state index in [1.54, 1.807) is 53.4 Å². The quantitative estimate of drug-likeness (QED) is 0.190. The largest absolute Gasteiger partial charge is 0.418 e. The fraction of sp³-hybridized carbons (Fsp3) is 0.241. The van der Waals surface area contributed by atoms with E-state index in [-0.39, 0.29) is 23.2 Å². The van der Waals surface area contributed by atoms with E-state index in [9.17, 15) is 19.7 Å². The van der Waals surface area contributed by atoms with Crippen molar-refractivity contribution in [3.05, 3.63) is 111 Å². The molecular weight excluding hydrogens is 470 g/mol. The van der Waals surface area contributed by atoms with Crippen molar-refractivity contribution in [2.24, 2.45) is 0 Å². The van der Waals surface area contributed by atoms with E-state index in [4.69, 9.17) is 4.42 Å². The van der Waals surface area contributed by atoms with Gasteiger partial charge in [-0.15, -0.1) is 0 Å². The third kappa shape index (κ3) is 4.95. The third-order valence-corrected chi connectivity index (χ3v) is 6.79. The number of carbonyl (C=O) groups is 1. The molecule has 37 heavy (non-hydrogen) atoms. The lowest BCUT2D eigenvalue weighted by atomic mass is 9.94. The average Bonchev–Trinajstić information content (AvgIpc) is 2.92. The number of anilines is 2. The third-order valence-electron chi connectivity index (χ3n) is 6.79. The first-order valence-corrected chi connectivity index (χ1v) is 12.4. The lowest BCUT2D eigenvalue weighted by Gasteiger charge is -2.34. The van der Waals surface area contributed by atoms with Crippen molar-refractivity contribution in [1.29, 1.82) is 0 Å². The van der Waals surface area contributed by atoms with Gasteiger partial charge < -0.3 is 14.6 Å². The number of amides is 1. The Hall–Kier alpha value is -4.46. The maximum atomic E-state index is 14.1. The number of hydrogen-bond acceptors (Lipinski definition) is 6. The minimum Gasteiger partial charge on any atom is -0.418 e. The molecule has 0 bridgehead atoms. The lowest BCUT2D eigenvalue weighted by Crippen LogP contribution is -2.44. The average molecular weight is 498 g/mol. The van der Waals surface area contributed by atoms with E-state index in [1.807, 2.05) is 36.4 Å². The van der Waals surface area contributed by atoms with Gasteiger partial charge in [0.2, 0.25) is 5.91 Å². The zero-order chi connectivity index (χ0) is 25.8. The molecule has 1 aromatic heterocycles. The van der Waals surface area contributed by atoms with Crippen LogP contribution in [0.2, 0.25) is 0 Å². The molecule has 8 nitrogen and oxygen atoms in total. The van der Waals surface area contributed by atoms with Gasteiger partial charge in [0.25, 0.3) is 0 Å². The Balaban J connectivity index is 1.78. The number of hydrogen-bond donors (Lipinski definition) is 1. The maximum Gasteiger partial charge on any atom is 0.417 e. The lowest BCUT2D eigenvalue weighted by molar-refractivity contribution is -0.386. The van der Waals surface area contributed by atoms with Gasteiger partial charge in [0.1, 0.15) is 17.3 Å². The summed E-state index contributed by atoms with van der Waals surface area (Å²) in [6.07, 6.45) is 4.99. The molecule has 0 saturated heterocycles. The second-order valence-electron chi connectivity index (χ2n) is 9.20. The van der Waals surface area contributed by atoms with Crippen LogP contribution < -0.4 is 15.8 Å². The van der Waals surface area contributed by atoms with Crippen molar-refractivity contribution in [2.75, 3.05) is 4.90 Å². The number of rotatable bonds is 7. The number of para-hydroxylation sites is 2. The first-order valence-electron chi connectivity index (χ1n) is 12.4. The Labute approximate surface area is 213 Å². The highest BCUT2D eigenvalue weighted by Crippen LogP contribution is 2.43. The van der Waals surface area contributed by atoms with Crippen molar-refractivity contribution in [1.82, 2.24) is 5.32 Å². The molecule has 1 fully saturated rings. The molecule has 3 aromatic carbocycles. The first kappa shape index (κ1) is 24.2. The minimum atomic E-state index is -1.07. The molecule has 1 amide bonds. The molecule has 1 aliphatic carbocycles. The minimum absolute atomic E-state index is 0.0238. The number of nitrogens with zero attached hydrogens (tertiary/aromatic N) is 2. The zero-order valence-electron chi connectivity index (χ0n) is 20.2. The van der Waals surface area contributed by atoms with Gasteiger partial charge in [-0.25, -0.2) is 4.79 Å². The number of benzene rings is 3. The Kier molecular flexibility index (Phi) is 6.98. The first-order chi connectivity index (χ1) is 18.0. The van der Waals surface area contributed by atoms with Gasteiger partial charge in [-0.05, 0) is 42.7 Å². The van der Waals surface area contributed by atoms with E-state index < -0.39 is 22.3 Å². The van der Waals surface area contributed by atoms with Gasteiger partial charge in [0, 0.05) is 17.1 Å². The highest BCUT2D eigenvalue weighted by atomic mass is 16.6. The summed E-state index contributed by atoms with van der Waals surface area (Å²) in [7, 11) is 0. The maximum absolute atomic E-state index is 14.1. The highest BCUT2D eigenvalue weighted by Gasteiger charge is 2.38. The number of nitrogens with one attached hydrogen (secondary N) is 1. The molecule has 1 unspecified atom stereocenters. The SMILES string of the molecule is O=C(NC1CCCCC1)C(c1ccccc1)N(c1ccccc1)c1c([N+](=O)[O-])c(=O)oc2ccccc12. The number of fused-ring (bicyclic) bond motifs is 1. The molecule has 5 rings (SSSR count). The Morgan fingerprint density at radius 1 is 0.919 bits per heavy atom. The van der Waals surface area contributed by atoms with Crippen LogP contribution in [0.15, 0.2) is 94.1 Å². The molecule has 0 spiro atoms. The molecule has 1 atom stereocenters. The molecule has 1 aliphatic rings. The Morgan fingerprint density at radius 2 is 1.54 bits per heavy atom. The summed E-state index contributed by atoms with van der Waals surface area (Å²) in [6, 6.07) is 23.8. The predicted octanol–water partition coefficient (Wildman–Crippen LogP) is 6.03. The van der Waals surface area contributed by atoms with Gasteiger partial charge in [-0.3, -0.25) is 14.9 Å². The van der Waals surface area contributed by atoms with Crippen LogP contribution in [0.5, 0.6) is 0 Å². The van der Waals surface area contributed by atoms with E-state index in [0.717, 1.165) is 32.1 Å². The fourth-order valence-electron chi connectivity index (χ4n) is 5.10. The molecule has 8 heteroatoms. The summed E-state index contributed by atoms with van der Waals surface area (Å²) in [4.78, 5) is 40.2. The molecule has 4 aromatic rings. The van der Waals surface area contributed by atoms with E-state index in [2.05, 4.69) is 5.32 Å². The van der Waals surface area contributed by atoms with Crippen LogP contribution in [0, 0.1) is 10.1 Å². The van der Waals surface area contributed by atoms with E-state index >= 15 is 0 Å². The van der Waals surface area contributed by atoms with E-state index in [1.165, 1.54) is 0 Å². The van der Waals surface area contributed by atoms with Gasteiger partial charge in [0.05, 0.1) is 4.92 Å². The van der Waals surface area contributed by atoms with E-state index in [0.29, 0.717) is 16.6 Å². The van der Waals surface area contributed by atoms with Crippen LogP contribution in [0.3, 0.4) is 0 Å². The van der Waals surface area contributed by atoms with Crippen LogP contribution in [-0.4, -0.2) is 16.9 Å². The summed E-state index contributed by atoms with van der Waals surface area (Å²) in [5.41, 5.74) is -0.377. The topological polar surface area (TPSA) is 106 Å². The second-order valence-corrected chi connectivity index (χ2v) is 9.20. The van der Waals surface area contributed by atoms with Crippen LogP contribution >= 0.6 is 0 Å². The summed E-state index contributed by atoms with van der Waals surface area (Å²) in [5.74, 6) is -0.284. The summed E-state index contributed by atoms with van der Waals surface area (Å²) >= 11 is 0. The zero-order valence-corrected chi connectivity index (χ0v) is 20.2. The van der Waals surface area contributed by atoms with Crippen LogP contribution in [-0.2, 0) is 4.79 Å². The molecule has 0 aliphatic heterocycles. The van der Waals surface area contributed by atoms with Crippen LogP contribution in [0.1, 0.15) is 43.7 Å². The van der Waals surface area contributed by atoms with Gasteiger partial charge in [-0.2, -0.15) is 0 Å². The van der Waals surface area contributed by atoms with Crippen molar-refractivity contribution in [2.45, 2.75) is 44.2 Å². The monoisotopic (exact) mass is 497 g/mol. The van der Waals surface area contributed by atoms with Gasteiger partial charge >= 0.3 is 11.3 Å². The molecule has 188 valence electrons. The second kappa shape index (κ2) is 10.7. The van der Waals surface area contributed by atoms with Gasteiger partial charge in [0.15, 0.2) is 0 Å². The van der Waals surface area contributed by atoms with Crippen molar-refractivity contribution >= 4 is 33.9 Å². The summed E-state index contributed by atoms with van der Waals surface area (Å²) in [5, 5.41) is 15.8. The summed E-state index contributed by atoms with van der Waals surface area (Å²) in [6.45, 7) is 0.